The lowest BCUT2D eigenvalue weighted by Crippen LogP contribution is -2.34. The van der Waals surface area contributed by atoms with Gasteiger partial charge in [-0.25, -0.2) is 0 Å². The van der Waals surface area contributed by atoms with Crippen LogP contribution in [0.25, 0.3) is 0 Å². The lowest BCUT2D eigenvalue weighted by Gasteiger charge is -2.21. The monoisotopic (exact) mass is 277 g/mol. The zero-order chi connectivity index (χ0) is 10.6. The number of carbonyl (C=O) groups is 1. The average molecular weight is 278 g/mol. The quantitative estimate of drug-likeness (QED) is 0.853. The minimum Gasteiger partial charge on any atom is -0.351 e. The summed E-state index contributed by atoms with van der Waals surface area (Å²) in [5.41, 5.74) is 0.0633. The smallest absolute Gasteiger partial charge is 0.264 e. The lowest BCUT2D eigenvalue weighted by molar-refractivity contribution is 0.0944. The first-order chi connectivity index (χ1) is 6.55. The highest BCUT2D eigenvalue weighted by molar-refractivity contribution is 9.09. The van der Waals surface area contributed by atoms with Gasteiger partial charge in [0.15, 0.2) is 0 Å². The molecule has 1 amide bonds. The molecule has 14 heavy (non-hydrogen) atoms. The Bertz CT molecular complexity index is 300. The third-order valence-corrected chi connectivity index (χ3v) is 3.86. The van der Waals surface area contributed by atoms with Gasteiger partial charge < -0.3 is 5.32 Å². The molecule has 0 radical (unpaired) electrons. The van der Waals surface area contributed by atoms with E-state index in [2.05, 4.69) is 44.7 Å². The third kappa shape index (κ3) is 3.34. The molecule has 0 bridgehead atoms. The number of alkyl halides is 1. The fourth-order valence-corrected chi connectivity index (χ4v) is 1.35. The molecular formula is C8H12BrN3OS. The molecule has 0 saturated carbocycles. The minimum absolute atomic E-state index is 0.0633. The highest BCUT2D eigenvalue weighted by Gasteiger charge is 2.18. The Morgan fingerprint density at radius 3 is 2.93 bits per heavy atom. The molecule has 0 unspecified atom stereocenters. The van der Waals surface area contributed by atoms with E-state index in [-0.39, 0.29) is 11.3 Å². The van der Waals surface area contributed by atoms with Gasteiger partial charge in [-0.1, -0.05) is 34.3 Å². The zero-order valence-corrected chi connectivity index (χ0v) is 10.5. The van der Waals surface area contributed by atoms with Gasteiger partial charge >= 0.3 is 0 Å². The van der Waals surface area contributed by atoms with Crippen molar-refractivity contribution in [2.24, 2.45) is 5.41 Å². The maximum atomic E-state index is 11.5. The fourth-order valence-electron chi connectivity index (χ4n) is 0.721. The molecule has 1 aromatic heterocycles. The van der Waals surface area contributed by atoms with Crippen molar-refractivity contribution in [3.63, 3.8) is 0 Å². The van der Waals surface area contributed by atoms with Gasteiger partial charge in [0.25, 0.3) is 5.91 Å². The van der Waals surface area contributed by atoms with Crippen LogP contribution in [0.2, 0.25) is 0 Å². The number of aromatic nitrogens is 2. The Labute approximate surface area is 95.4 Å². The van der Waals surface area contributed by atoms with Gasteiger partial charge in [-0.2, -0.15) is 0 Å². The summed E-state index contributed by atoms with van der Waals surface area (Å²) < 4.78 is 3.63. The number of carbonyl (C=O) groups excluding carboxylic acids is 1. The molecule has 0 aliphatic rings. The van der Waals surface area contributed by atoms with Crippen molar-refractivity contribution < 1.29 is 4.79 Å². The summed E-state index contributed by atoms with van der Waals surface area (Å²) in [6.45, 7) is 4.79. The third-order valence-electron chi connectivity index (χ3n) is 1.67. The summed E-state index contributed by atoms with van der Waals surface area (Å²) in [6.07, 6.45) is 1.47. The molecule has 1 N–H and O–H groups in total. The molecule has 0 atom stereocenters. The highest BCUT2D eigenvalue weighted by atomic mass is 79.9. The molecule has 0 fully saturated rings. The van der Waals surface area contributed by atoms with Crippen molar-refractivity contribution in [3.8, 4) is 0 Å². The number of hydrogen-bond donors (Lipinski definition) is 1. The summed E-state index contributed by atoms with van der Waals surface area (Å²) in [4.78, 5) is 12.0. The van der Waals surface area contributed by atoms with Crippen LogP contribution in [0.5, 0.6) is 0 Å². The predicted octanol–water partition coefficient (Wildman–Crippen LogP) is 1.69. The molecule has 0 aliphatic carbocycles. The normalized spacial score (nSPS) is 11.4. The van der Waals surface area contributed by atoms with Gasteiger partial charge in [0.05, 0.1) is 6.20 Å². The van der Waals surface area contributed by atoms with Crippen LogP contribution in [0.15, 0.2) is 6.20 Å². The summed E-state index contributed by atoms with van der Waals surface area (Å²) in [5.74, 6) is -0.103. The van der Waals surface area contributed by atoms with Crippen LogP contribution in [-0.2, 0) is 0 Å². The van der Waals surface area contributed by atoms with Crippen molar-refractivity contribution >= 4 is 33.4 Å². The lowest BCUT2D eigenvalue weighted by atomic mass is 9.97. The van der Waals surface area contributed by atoms with Crippen LogP contribution >= 0.6 is 27.5 Å². The van der Waals surface area contributed by atoms with E-state index in [1.807, 2.05) is 0 Å². The molecule has 0 spiro atoms. The van der Waals surface area contributed by atoms with Crippen LogP contribution in [0.1, 0.15) is 23.5 Å². The van der Waals surface area contributed by atoms with Crippen LogP contribution in [0, 0.1) is 5.41 Å². The first-order valence-corrected chi connectivity index (χ1v) is 6.06. The summed E-state index contributed by atoms with van der Waals surface area (Å²) in [5, 5.41) is 7.29. The second kappa shape index (κ2) is 4.84. The van der Waals surface area contributed by atoms with Crippen LogP contribution in [-0.4, -0.2) is 27.4 Å². The maximum Gasteiger partial charge on any atom is 0.264 e. The molecular weight excluding hydrogens is 266 g/mol. The van der Waals surface area contributed by atoms with Crippen molar-refractivity contribution in [1.82, 2.24) is 14.9 Å². The molecule has 0 saturated heterocycles. The van der Waals surface area contributed by atoms with Crippen molar-refractivity contribution in [3.05, 3.63) is 11.1 Å². The highest BCUT2D eigenvalue weighted by Crippen LogP contribution is 2.16. The molecule has 78 valence electrons. The van der Waals surface area contributed by atoms with Crippen molar-refractivity contribution in [2.75, 3.05) is 11.9 Å². The van der Waals surface area contributed by atoms with E-state index in [9.17, 15) is 4.79 Å². The molecule has 1 rings (SSSR count). The Hall–Kier alpha value is -0.490. The molecule has 4 nitrogen and oxygen atoms in total. The first-order valence-electron chi connectivity index (χ1n) is 4.17. The standard InChI is InChI=1S/C8H12BrN3OS/c1-8(2,4-9)5-10-7(13)6-3-11-12-14-6/h3H,4-5H2,1-2H3,(H,10,13). The fraction of sp³-hybridized carbons (Fsp3) is 0.625. The molecule has 6 heteroatoms. The Balaban J connectivity index is 2.43. The number of rotatable bonds is 4. The average Bonchev–Trinajstić information content (AvgIpc) is 2.67. The molecule has 0 aromatic carbocycles. The number of nitrogens with zero attached hydrogens (tertiary/aromatic N) is 2. The topological polar surface area (TPSA) is 54.9 Å². The zero-order valence-electron chi connectivity index (χ0n) is 8.08. The van der Waals surface area contributed by atoms with Gasteiger partial charge in [-0.3, -0.25) is 4.79 Å². The van der Waals surface area contributed by atoms with Crippen LogP contribution in [0.3, 0.4) is 0 Å². The predicted molar refractivity (Wildman–Crippen MR) is 59.8 cm³/mol. The number of nitrogens with one attached hydrogen (secondary N) is 1. The van der Waals surface area contributed by atoms with Gasteiger partial charge in [0.2, 0.25) is 0 Å². The van der Waals surface area contributed by atoms with Crippen molar-refractivity contribution in [2.45, 2.75) is 13.8 Å². The Kier molecular flexibility index (Phi) is 4.00. The van der Waals surface area contributed by atoms with Crippen LogP contribution < -0.4 is 5.32 Å². The summed E-state index contributed by atoms with van der Waals surface area (Å²) in [7, 11) is 0. The van der Waals surface area contributed by atoms with E-state index in [1.54, 1.807) is 0 Å². The first kappa shape index (κ1) is 11.6. The van der Waals surface area contributed by atoms with Crippen molar-refractivity contribution in [1.29, 1.82) is 0 Å². The number of halogens is 1. The van der Waals surface area contributed by atoms with Gasteiger partial charge in [0.1, 0.15) is 4.88 Å². The molecule has 0 aliphatic heterocycles. The molecule has 1 aromatic rings. The van der Waals surface area contributed by atoms with Gasteiger partial charge in [-0.05, 0) is 16.9 Å². The minimum atomic E-state index is -0.103. The van der Waals surface area contributed by atoms with E-state index in [0.29, 0.717) is 11.4 Å². The Morgan fingerprint density at radius 2 is 2.43 bits per heavy atom. The summed E-state index contributed by atoms with van der Waals surface area (Å²) >= 11 is 4.50. The van der Waals surface area contributed by atoms with E-state index in [0.717, 1.165) is 16.9 Å². The number of amides is 1. The van der Waals surface area contributed by atoms with E-state index < -0.39 is 0 Å². The van der Waals surface area contributed by atoms with E-state index in [4.69, 9.17) is 0 Å². The summed E-state index contributed by atoms with van der Waals surface area (Å²) in [6, 6.07) is 0. The Morgan fingerprint density at radius 1 is 1.71 bits per heavy atom. The largest absolute Gasteiger partial charge is 0.351 e. The van der Waals surface area contributed by atoms with Crippen LogP contribution in [0.4, 0.5) is 0 Å². The van der Waals surface area contributed by atoms with E-state index in [1.165, 1.54) is 6.20 Å². The molecule has 1 heterocycles. The van der Waals surface area contributed by atoms with Gasteiger partial charge in [-0.15, -0.1) is 5.10 Å². The second-order valence-electron chi connectivity index (χ2n) is 3.76. The van der Waals surface area contributed by atoms with E-state index >= 15 is 0 Å². The number of hydrogen-bond acceptors (Lipinski definition) is 4. The maximum absolute atomic E-state index is 11.5. The second-order valence-corrected chi connectivity index (χ2v) is 5.11. The SMILES string of the molecule is CC(C)(CBr)CNC(=O)c1cnns1. The van der Waals surface area contributed by atoms with Gasteiger partial charge in [0, 0.05) is 11.9 Å².